The van der Waals surface area contributed by atoms with Crippen LogP contribution in [0.4, 0.5) is 0 Å². The third kappa shape index (κ3) is 3.83. The van der Waals surface area contributed by atoms with E-state index in [4.69, 9.17) is 25.8 Å². The predicted octanol–water partition coefficient (Wildman–Crippen LogP) is 2.65. The topological polar surface area (TPSA) is 47.9 Å². The second-order valence-electron chi connectivity index (χ2n) is 4.36. The Hall–Kier alpha value is -0.330. The summed E-state index contributed by atoms with van der Waals surface area (Å²) in [6, 6.07) is 5.42. The number of benzene rings is 1. The molecule has 19 heavy (non-hydrogen) atoms. The Labute approximate surface area is 125 Å². The van der Waals surface area contributed by atoms with Gasteiger partial charge in [0.1, 0.15) is 18.0 Å². The van der Waals surface area contributed by atoms with Gasteiger partial charge in [-0.25, -0.2) is 0 Å². The molecule has 1 aliphatic rings. The minimum Gasteiger partial charge on any atom is -0.486 e. The maximum absolute atomic E-state index is 9.68. The molecule has 1 aromatic rings. The first-order chi connectivity index (χ1) is 9.11. The monoisotopic (exact) mass is 350 g/mol. The minimum atomic E-state index is -0.490. The second kappa shape index (κ2) is 6.90. The summed E-state index contributed by atoms with van der Waals surface area (Å²) in [6.07, 6.45) is -0.444. The molecule has 1 N–H and O–H groups in total. The summed E-state index contributed by atoms with van der Waals surface area (Å²) in [6.45, 7) is 0.932. The minimum absolute atomic E-state index is 0.175. The van der Waals surface area contributed by atoms with Crippen molar-refractivity contribution in [3.63, 3.8) is 0 Å². The molecule has 1 aromatic carbocycles. The fourth-order valence-electron chi connectivity index (χ4n) is 1.89. The lowest BCUT2D eigenvalue weighted by Crippen LogP contribution is -2.55. The van der Waals surface area contributed by atoms with Gasteiger partial charge in [0.25, 0.3) is 0 Å². The van der Waals surface area contributed by atoms with Gasteiger partial charge in [-0.3, -0.25) is 0 Å². The molecule has 106 valence electrons. The zero-order valence-electron chi connectivity index (χ0n) is 10.5. The van der Waals surface area contributed by atoms with Gasteiger partial charge < -0.3 is 19.3 Å². The van der Waals surface area contributed by atoms with Gasteiger partial charge in [-0.1, -0.05) is 27.5 Å². The molecule has 0 amide bonds. The van der Waals surface area contributed by atoms with Crippen molar-refractivity contribution in [2.75, 3.05) is 20.3 Å². The first-order valence-electron chi connectivity index (χ1n) is 6.02. The zero-order valence-corrected chi connectivity index (χ0v) is 12.9. The molecule has 1 aliphatic carbocycles. The lowest BCUT2D eigenvalue weighted by atomic mass is 9.88. The fraction of sp³-hybridized carbons (Fsp3) is 0.538. The van der Waals surface area contributed by atoms with Gasteiger partial charge in [0.2, 0.25) is 0 Å². The predicted molar refractivity (Wildman–Crippen MR) is 75.8 cm³/mol. The van der Waals surface area contributed by atoms with Crippen molar-refractivity contribution >= 4 is 27.5 Å². The van der Waals surface area contributed by atoms with Crippen LogP contribution < -0.4 is 4.74 Å². The average molecular weight is 352 g/mol. The number of hydrogen-bond donors (Lipinski definition) is 1. The molecule has 0 heterocycles. The van der Waals surface area contributed by atoms with E-state index in [9.17, 15) is 5.11 Å². The molecule has 3 atom stereocenters. The first kappa shape index (κ1) is 15.1. The number of ether oxygens (including phenoxy) is 3. The van der Waals surface area contributed by atoms with Crippen molar-refractivity contribution in [1.82, 2.24) is 0 Å². The highest BCUT2D eigenvalue weighted by atomic mass is 79.9. The molecule has 0 spiro atoms. The Morgan fingerprint density at radius 1 is 1.42 bits per heavy atom. The normalized spacial score (nSPS) is 26.0. The molecule has 0 bridgehead atoms. The number of methoxy groups -OCH3 is 1. The number of hydrogen-bond acceptors (Lipinski definition) is 4. The lowest BCUT2D eigenvalue weighted by molar-refractivity contribution is -0.167. The Morgan fingerprint density at radius 3 is 2.84 bits per heavy atom. The van der Waals surface area contributed by atoms with Crippen molar-refractivity contribution in [3.05, 3.63) is 27.7 Å². The summed E-state index contributed by atoms with van der Waals surface area (Å²) in [5.74, 6) is 0.599. The van der Waals surface area contributed by atoms with E-state index in [2.05, 4.69) is 15.9 Å². The van der Waals surface area contributed by atoms with E-state index in [1.165, 1.54) is 0 Å². The van der Waals surface area contributed by atoms with Crippen molar-refractivity contribution < 1.29 is 19.3 Å². The van der Waals surface area contributed by atoms with Crippen LogP contribution in [-0.2, 0) is 9.47 Å². The molecule has 6 heteroatoms. The van der Waals surface area contributed by atoms with Gasteiger partial charge >= 0.3 is 0 Å². The largest absolute Gasteiger partial charge is 0.486 e. The first-order valence-corrected chi connectivity index (χ1v) is 7.19. The van der Waals surface area contributed by atoms with Crippen LogP contribution in [0.15, 0.2) is 22.7 Å². The molecule has 3 unspecified atom stereocenters. The van der Waals surface area contributed by atoms with Gasteiger partial charge in [0, 0.05) is 18.0 Å². The van der Waals surface area contributed by atoms with Crippen molar-refractivity contribution in [1.29, 1.82) is 0 Å². The van der Waals surface area contributed by atoms with Gasteiger partial charge in [-0.2, -0.15) is 0 Å². The highest BCUT2D eigenvalue weighted by Gasteiger charge is 2.43. The van der Waals surface area contributed by atoms with E-state index in [-0.39, 0.29) is 12.2 Å². The van der Waals surface area contributed by atoms with Crippen LogP contribution in [0.5, 0.6) is 5.75 Å². The summed E-state index contributed by atoms with van der Waals surface area (Å²) < 4.78 is 17.1. The Bertz CT molecular complexity index is 429. The number of aliphatic hydroxyl groups is 1. The molecular weight excluding hydrogens is 335 g/mol. The summed E-state index contributed by atoms with van der Waals surface area (Å²) in [7, 11) is 1.61. The third-order valence-electron chi connectivity index (χ3n) is 2.99. The summed E-state index contributed by atoms with van der Waals surface area (Å²) in [4.78, 5) is 0. The molecular formula is C13H16BrClO4. The van der Waals surface area contributed by atoms with Crippen molar-refractivity contribution in [2.24, 2.45) is 0 Å². The standard InChI is InChI=1S/C13H16BrClO4/c1-17-4-5-18-13-10(16)7-12(13)19-11-3-2-8(14)6-9(11)15/h2-3,6,10,12-13,16H,4-5,7H2,1H3. The molecule has 2 rings (SSSR count). The Morgan fingerprint density at radius 2 is 2.21 bits per heavy atom. The summed E-state index contributed by atoms with van der Waals surface area (Å²) in [5, 5.41) is 10.2. The summed E-state index contributed by atoms with van der Waals surface area (Å²) >= 11 is 9.43. The van der Waals surface area contributed by atoms with Crippen LogP contribution in [0.25, 0.3) is 0 Å². The van der Waals surface area contributed by atoms with Crippen LogP contribution in [0, 0.1) is 0 Å². The van der Waals surface area contributed by atoms with Gasteiger partial charge in [0.15, 0.2) is 0 Å². The van der Waals surface area contributed by atoms with Crippen molar-refractivity contribution in [3.8, 4) is 5.75 Å². The van der Waals surface area contributed by atoms with Crippen LogP contribution in [0.3, 0.4) is 0 Å². The second-order valence-corrected chi connectivity index (χ2v) is 5.69. The Balaban J connectivity index is 1.91. The SMILES string of the molecule is COCCOC1C(O)CC1Oc1ccc(Br)cc1Cl. The van der Waals surface area contributed by atoms with E-state index < -0.39 is 6.10 Å². The number of aliphatic hydroxyl groups excluding tert-OH is 1. The highest BCUT2D eigenvalue weighted by molar-refractivity contribution is 9.10. The van der Waals surface area contributed by atoms with Crippen LogP contribution in [0.1, 0.15) is 6.42 Å². The maximum atomic E-state index is 9.68. The smallest absolute Gasteiger partial charge is 0.138 e. The third-order valence-corrected chi connectivity index (χ3v) is 3.78. The molecule has 0 radical (unpaired) electrons. The van der Waals surface area contributed by atoms with Crippen LogP contribution >= 0.6 is 27.5 Å². The van der Waals surface area contributed by atoms with Crippen molar-refractivity contribution in [2.45, 2.75) is 24.7 Å². The van der Waals surface area contributed by atoms with E-state index in [1.54, 1.807) is 19.2 Å². The molecule has 0 saturated heterocycles. The molecule has 0 aromatic heterocycles. The average Bonchev–Trinajstić information content (AvgIpc) is 2.37. The maximum Gasteiger partial charge on any atom is 0.138 e. The molecule has 1 fully saturated rings. The van der Waals surface area contributed by atoms with Gasteiger partial charge in [-0.15, -0.1) is 0 Å². The van der Waals surface area contributed by atoms with Crippen LogP contribution in [0.2, 0.25) is 5.02 Å². The molecule has 1 saturated carbocycles. The lowest BCUT2D eigenvalue weighted by Gasteiger charge is -2.40. The molecule has 0 aliphatic heterocycles. The number of rotatable bonds is 6. The Kier molecular flexibility index (Phi) is 5.47. The molecule has 4 nitrogen and oxygen atoms in total. The highest BCUT2D eigenvalue weighted by Crippen LogP contribution is 2.34. The fourth-order valence-corrected chi connectivity index (χ4v) is 2.61. The summed E-state index contributed by atoms with van der Waals surface area (Å²) in [5.41, 5.74) is 0. The number of halogens is 2. The quantitative estimate of drug-likeness (QED) is 0.801. The van der Waals surface area contributed by atoms with Crippen LogP contribution in [-0.4, -0.2) is 43.7 Å². The zero-order chi connectivity index (χ0) is 13.8. The van der Waals surface area contributed by atoms with Gasteiger partial charge in [0.05, 0.1) is 24.3 Å². The van der Waals surface area contributed by atoms with E-state index in [1.807, 2.05) is 6.07 Å². The van der Waals surface area contributed by atoms with E-state index >= 15 is 0 Å². The van der Waals surface area contributed by atoms with E-state index in [0.29, 0.717) is 30.4 Å². The van der Waals surface area contributed by atoms with E-state index in [0.717, 1.165) is 4.47 Å². The van der Waals surface area contributed by atoms with Gasteiger partial charge in [-0.05, 0) is 18.2 Å².